The zero-order valence-electron chi connectivity index (χ0n) is 9.05. The van der Waals surface area contributed by atoms with E-state index in [0.717, 1.165) is 0 Å². The monoisotopic (exact) mass is 242 g/mol. The summed E-state index contributed by atoms with van der Waals surface area (Å²) in [7, 11) is -3.79. The molecule has 0 aromatic heterocycles. The van der Waals surface area contributed by atoms with Gasteiger partial charge in [0, 0.05) is 6.42 Å². The minimum absolute atomic E-state index is 0.0688. The van der Waals surface area contributed by atoms with Crippen molar-refractivity contribution in [2.45, 2.75) is 24.7 Å². The minimum Gasteiger partial charge on any atom is -0.297 e. The molecule has 0 spiro atoms. The maximum atomic E-state index is 11.6. The SMILES string of the molecule is CCCC(=O)COS(=O)(=O)c1ccccc1. The molecule has 1 aromatic rings. The average Bonchev–Trinajstić information content (AvgIpc) is 2.28. The maximum Gasteiger partial charge on any atom is 0.297 e. The highest BCUT2D eigenvalue weighted by atomic mass is 32.2. The van der Waals surface area contributed by atoms with E-state index in [4.69, 9.17) is 0 Å². The van der Waals surface area contributed by atoms with Gasteiger partial charge in [-0.3, -0.25) is 8.98 Å². The van der Waals surface area contributed by atoms with Crippen molar-refractivity contribution in [3.8, 4) is 0 Å². The third-order valence-electron chi connectivity index (χ3n) is 1.94. The molecule has 5 heteroatoms. The van der Waals surface area contributed by atoms with Crippen molar-refractivity contribution < 1.29 is 17.4 Å². The predicted molar refractivity (Wildman–Crippen MR) is 59.5 cm³/mol. The summed E-state index contributed by atoms with van der Waals surface area (Å²) in [6.07, 6.45) is 1.03. The Morgan fingerprint density at radius 3 is 2.44 bits per heavy atom. The number of Topliss-reactive ketones (excluding diaryl/α,β-unsaturated/α-hetero) is 1. The number of carbonyl (C=O) groups is 1. The van der Waals surface area contributed by atoms with Crippen LogP contribution in [0.4, 0.5) is 0 Å². The molecule has 0 saturated heterocycles. The van der Waals surface area contributed by atoms with Gasteiger partial charge in [-0.2, -0.15) is 8.42 Å². The van der Waals surface area contributed by atoms with Crippen LogP contribution in [0, 0.1) is 0 Å². The van der Waals surface area contributed by atoms with Crippen LogP contribution < -0.4 is 0 Å². The highest BCUT2D eigenvalue weighted by Crippen LogP contribution is 2.11. The van der Waals surface area contributed by atoms with Crippen LogP contribution in [0.5, 0.6) is 0 Å². The van der Waals surface area contributed by atoms with E-state index in [2.05, 4.69) is 4.18 Å². The van der Waals surface area contributed by atoms with Crippen molar-refractivity contribution in [1.82, 2.24) is 0 Å². The lowest BCUT2D eigenvalue weighted by Crippen LogP contribution is -2.14. The molecular weight excluding hydrogens is 228 g/mol. The summed E-state index contributed by atoms with van der Waals surface area (Å²) in [6.45, 7) is 1.47. The van der Waals surface area contributed by atoms with E-state index in [1.807, 2.05) is 6.92 Å². The van der Waals surface area contributed by atoms with Crippen molar-refractivity contribution in [2.24, 2.45) is 0 Å². The molecule has 88 valence electrons. The Hall–Kier alpha value is -1.20. The molecule has 0 radical (unpaired) electrons. The zero-order valence-corrected chi connectivity index (χ0v) is 9.87. The average molecular weight is 242 g/mol. The smallest absolute Gasteiger partial charge is 0.297 e. The van der Waals surface area contributed by atoms with Crippen LogP contribution in [-0.4, -0.2) is 20.8 Å². The lowest BCUT2D eigenvalue weighted by molar-refractivity contribution is -0.121. The van der Waals surface area contributed by atoms with Gasteiger partial charge in [0.2, 0.25) is 0 Å². The fourth-order valence-electron chi connectivity index (χ4n) is 1.15. The maximum absolute atomic E-state index is 11.6. The standard InChI is InChI=1S/C11H14O4S/c1-2-6-10(12)9-15-16(13,14)11-7-4-3-5-8-11/h3-5,7-8H,2,6,9H2,1H3. The summed E-state index contributed by atoms with van der Waals surface area (Å²) in [4.78, 5) is 11.2. The van der Waals surface area contributed by atoms with E-state index in [1.54, 1.807) is 18.2 Å². The molecule has 0 aliphatic carbocycles. The number of ketones is 1. The summed E-state index contributed by atoms with van der Waals surface area (Å²) in [6, 6.07) is 7.77. The van der Waals surface area contributed by atoms with Crippen molar-refractivity contribution in [1.29, 1.82) is 0 Å². The molecule has 0 fully saturated rings. The van der Waals surface area contributed by atoms with Crippen LogP contribution in [0.2, 0.25) is 0 Å². The molecule has 0 atom stereocenters. The van der Waals surface area contributed by atoms with E-state index in [0.29, 0.717) is 12.8 Å². The topological polar surface area (TPSA) is 60.4 Å². The van der Waals surface area contributed by atoms with Crippen LogP contribution >= 0.6 is 0 Å². The van der Waals surface area contributed by atoms with Crippen molar-refractivity contribution >= 4 is 15.9 Å². The first-order valence-corrected chi connectivity index (χ1v) is 6.43. The van der Waals surface area contributed by atoms with E-state index in [1.165, 1.54) is 12.1 Å². The summed E-state index contributed by atoms with van der Waals surface area (Å²) >= 11 is 0. The van der Waals surface area contributed by atoms with Gasteiger partial charge in [-0.25, -0.2) is 0 Å². The largest absolute Gasteiger partial charge is 0.297 e. The first kappa shape index (κ1) is 12.9. The molecule has 0 saturated carbocycles. The Morgan fingerprint density at radius 2 is 1.88 bits per heavy atom. The van der Waals surface area contributed by atoms with E-state index < -0.39 is 10.1 Å². The quantitative estimate of drug-likeness (QED) is 0.713. The number of carbonyl (C=O) groups excluding carboxylic acids is 1. The predicted octanol–water partition coefficient (Wildman–Crippen LogP) is 1.76. The van der Waals surface area contributed by atoms with Crippen LogP contribution in [0.25, 0.3) is 0 Å². The van der Waals surface area contributed by atoms with Crippen LogP contribution in [0.3, 0.4) is 0 Å². The van der Waals surface area contributed by atoms with Gasteiger partial charge >= 0.3 is 0 Å². The third-order valence-corrected chi connectivity index (χ3v) is 3.21. The van der Waals surface area contributed by atoms with Gasteiger partial charge in [0.05, 0.1) is 4.90 Å². The summed E-state index contributed by atoms with van der Waals surface area (Å²) in [5.41, 5.74) is 0. The molecule has 1 aromatic carbocycles. The summed E-state index contributed by atoms with van der Waals surface area (Å²) in [5.74, 6) is -0.206. The Balaban J connectivity index is 2.64. The van der Waals surface area contributed by atoms with Crippen molar-refractivity contribution in [2.75, 3.05) is 6.61 Å². The highest BCUT2D eigenvalue weighted by molar-refractivity contribution is 7.86. The Bertz CT molecular complexity index is 436. The van der Waals surface area contributed by atoms with Crippen LogP contribution in [0.15, 0.2) is 35.2 Å². The van der Waals surface area contributed by atoms with E-state index >= 15 is 0 Å². The second kappa shape index (κ2) is 5.77. The lowest BCUT2D eigenvalue weighted by Gasteiger charge is -2.04. The number of benzene rings is 1. The normalized spacial score (nSPS) is 11.3. The van der Waals surface area contributed by atoms with Gasteiger partial charge in [-0.1, -0.05) is 25.1 Å². The fourth-order valence-corrected chi connectivity index (χ4v) is 2.06. The lowest BCUT2D eigenvalue weighted by atomic mass is 10.2. The van der Waals surface area contributed by atoms with Crippen LogP contribution in [-0.2, 0) is 19.1 Å². The molecule has 0 heterocycles. The van der Waals surface area contributed by atoms with Gasteiger partial charge in [-0.15, -0.1) is 0 Å². The molecule has 16 heavy (non-hydrogen) atoms. The Kier molecular flexibility index (Phi) is 4.64. The second-order valence-corrected chi connectivity index (χ2v) is 4.93. The van der Waals surface area contributed by atoms with Crippen molar-refractivity contribution in [3.05, 3.63) is 30.3 Å². The molecule has 0 N–H and O–H groups in total. The highest BCUT2D eigenvalue weighted by Gasteiger charge is 2.15. The zero-order chi connectivity index (χ0) is 12.0. The molecule has 4 nitrogen and oxygen atoms in total. The summed E-state index contributed by atoms with van der Waals surface area (Å²) in [5, 5.41) is 0. The Morgan fingerprint density at radius 1 is 1.25 bits per heavy atom. The van der Waals surface area contributed by atoms with E-state index in [9.17, 15) is 13.2 Å². The first-order valence-electron chi connectivity index (χ1n) is 5.02. The molecule has 0 aliphatic rings. The van der Waals surface area contributed by atoms with Gasteiger partial charge < -0.3 is 0 Å². The number of hydrogen-bond acceptors (Lipinski definition) is 4. The molecule has 0 aliphatic heterocycles. The molecule has 0 bridgehead atoms. The van der Waals surface area contributed by atoms with Gasteiger partial charge in [0.25, 0.3) is 10.1 Å². The number of hydrogen-bond donors (Lipinski definition) is 0. The number of rotatable bonds is 6. The van der Waals surface area contributed by atoms with Gasteiger partial charge in [0.15, 0.2) is 5.78 Å². The molecule has 1 rings (SSSR count). The van der Waals surface area contributed by atoms with Crippen molar-refractivity contribution in [3.63, 3.8) is 0 Å². The molecular formula is C11H14O4S. The van der Waals surface area contributed by atoms with Crippen LogP contribution in [0.1, 0.15) is 19.8 Å². The minimum atomic E-state index is -3.79. The van der Waals surface area contributed by atoms with Gasteiger partial charge in [0.1, 0.15) is 6.61 Å². The van der Waals surface area contributed by atoms with Gasteiger partial charge in [-0.05, 0) is 18.6 Å². The second-order valence-electron chi connectivity index (χ2n) is 3.32. The van der Waals surface area contributed by atoms with E-state index in [-0.39, 0.29) is 17.3 Å². The third kappa shape index (κ3) is 3.75. The summed E-state index contributed by atoms with van der Waals surface area (Å²) < 4.78 is 27.8. The first-order chi connectivity index (χ1) is 7.56. The fraction of sp³-hybridized carbons (Fsp3) is 0.364. The molecule has 0 unspecified atom stereocenters. The Labute approximate surface area is 95.4 Å². The molecule has 0 amide bonds.